The quantitative estimate of drug-likeness (QED) is 0.922. The highest BCUT2D eigenvalue weighted by atomic mass is 79.9. The van der Waals surface area contributed by atoms with Crippen LogP contribution in [-0.4, -0.2) is 16.5 Å². The Morgan fingerprint density at radius 1 is 1.21 bits per heavy atom. The molecule has 0 aliphatic heterocycles. The molecule has 0 saturated heterocycles. The molecule has 0 saturated carbocycles. The SMILES string of the molecule is CCNc1cc(-c2cc(Br)ccc2F)nc(CC)n1. The number of anilines is 1. The zero-order valence-corrected chi connectivity index (χ0v) is 12.5. The smallest absolute Gasteiger partial charge is 0.132 e. The van der Waals surface area contributed by atoms with E-state index in [1.165, 1.54) is 6.07 Å². The van der Waals surface area contributed by atoms with E-state index in [1.807, 2.05) is 13.8 Å². The number of hydrogen-bond acceptors (Lipinski definition) is 3. The van der Waals surface area contributed by atoms with Crippen LogP contribution in [0.15, 0.2) is 28.7 Å². The van der Waals surface area contributed by atoms with Gasteiger partial charge in [-0.2, -0.15) is 0 Å². The van der Waals surface area contributed by atoms with E-state index in [1.54, 1.807) is 18.2 Å². The predicted molar refractivity (Wildman–Crippen MR) is 78.7 cm³/mol. The Morgan fingerprint density at radius 3 is 2.68 bits per heavy atom. The van der Waals surface area contributed by atoms with E-state index in [4.69, 9.17) is 0 Å². The lowest BCUT2D eigenvalue weighted by molar-refractivity contribution is 0.630. The molecule has 2 aromatic rings. The summed E-state index contributed by atoms with van der Waals surface area (Å²) in [5, 5.41) is 3.14. The molecule has 2 rings (SSSR count). The molecule has 3 nitrogen and oxygen atoms in total. The fraction of sp³-hybridized carbons (Fsp3) is 0.286. The first-order chi connectivity index (χ1) is 9.13. The average Bonchev–Trinajstić information content (AvgIpc) is 2.41. The third-order valence-corrected chi connectivity index (χ3v) is 3.14. The first-order valence-corrected chi connectivity index (χ1v) is 7.00. The summed E-state index contributed by atoms with van der Waals surface area (Å²) in [6.45, 7) is 4.74. The number of aryl methyl sites for hydroxylation is 1. The largest absolute Gasteiger partial charge is 0.370 e. The van der Waals surface area contributed by atoms with Gasteiger partial charge >= 0.3 is 0 Å². The maximum Gasteiger partial charge on any atom is 0.132 e. The Hall–Kier alpha value is -1.49. The van der Waals surface area contributed by atoms with Crippen molar-refractivity contribution in [3.63, 3.8) is 0 Å². The van der Waals surface area contributed by atoms with Gasteiger partial charge in [0.25, 0.3) is 0 Å². The Kier molecular flexibility index (Phi) is 4.47. The van der Waals surface area contributed by atoms with Crippen molar-refractivity contribution in [1.82, 2.24) is 9.97 Å². The van der Waals surface area contributed by atoms with E-state index in [0.29, 0.717) is 23.5 Å². The summed E-state index contributed by atoms with van der Waals surface area (Å²) in [6, 6.07) is 6.60. The molecular formula is C14H15BrFN3. The average molecular weight is 324 g/mol. The van der Waals surface area contributed by atoms with Gasteiger partial charge in [0.2, 0.25) is 0 Å². The topological polar surface area (TPSA) is 37.8 Å². The molecule has 19 heavy (non-hydrogen) atoms. The lowest BCUT2D eigenvalue weighted by atomic mass is 10.1. The molecule has 0 bridgehead atoms. The number of halogens is 2. The normalized spacial score (nSPS) is 10.5. The van der Waals surface area contributed by atoms with Gasteiger partial charge in [-0.15, -0.1) is 0 Å². The maximum absolute atomic E-state index is 13.9. The van der Waals surface area contributed by atoms with Crippen LogP contribution in [0.25, 0.3) is 11.3 Å². The first-order valence-electron chi connectivity index (χ1n) is 6.21. The molecule has 0 unspecified atom stereocenters. The molecule has 0 aliphatic rings. The molecule has 0 radical (unpaired) electrons. The molecule has 0 aliphatic carbocycles. The van der Waals surface area contributed by atoms with E-state index in [2.05, 4.69) is 31.2 Å². The van der Waals surface area contributed by atoms with Crippen LogP contribution < -0.4 is 5.32 Å². The van der Waals surface area contributed by atoms with Crippen LogP contribution in [0.2, 0.25) is 0 Å². The lowest BCUT2D eigenvalue weighted by Crippen LogP contribution is -2.04. The summed E-state index contributed by atoms with van der Waals surface area (Å²) in [5.41, 5.74) is 1.08. The van der Waals surface area contributed by atoms with Gasteiger partial charge < -0.3 is 5.32 Å². The monoisotopic (exact) mass is 323 g/mol. The maximum atomic E-state index is 13.9. The van der Waals surface area contributed by atoms with Crippen molar-refractivity contribution < 1.29 is 4.39 Å². The number of nitrogens with zero attached hydrogens (tertiary/aromatic N) is 2. The summed E-state index contributed by atoms with van der Waals surface area (Å²) in [6.07, 6.45) is 0.710. The van der Waals surface area contributed by atoms with Gasteiger partial charge in [0.15, 0.2) is 0 Å². The fourth-order valence-corrected chi connectivity index (χ4v) is 2.12. The van der Waals surface area contributed by atoms with Crippen LogP contribution in [0.3, 0.4) is 0 Å². The molecule has 0 fully saturated rings. The van der Waals surface area contributed by atoms with E-state index in [9.17, 15) is 4.39 Å². The van der Waals surface area contributed by atoms with Crippen molar-refractivity contribution in [3.8, 4) is 11.3 Å². The molecule has 0 amide bonds. The van der Waals surface area contributed by atoms with Gasteiger partial charge in [0.05, 0.1) is 5.69 Å². The van der Waals surface area contributed by atoms with Crippen LogP contribution >= 0.6 is 15.9 Å². The van der Waals surface area contributed by atoms with Crippen LogP contribution in [0.1, 0.15) is 19.7 Å². The van der Waals surface area contributed by atoms with Gasteiger partial charge in [-0.1, -0.05) is 22.9 Å². The Morgan fingerprint density at radius 2 is 2.00 bits per heavy atom. The Bertz CT molecular complexity index is 587. The second kappa shape index (κ2) is 6.10. The van der Waals surface area contributed by atoms with Crippen molar-refractivity contribution in [2.24, 2.45) is 0 Å². The minimum atomic E-state index is -0.286. The van der Waals surface area contributed by atoms with Crippen LogP contribution in [-0.2, 0) is 6.42 Å². The highest BCUT2D eigenvalue weighted by Crippen LogP contribution is 2.26. The Balaban J connectivity index is 2.54. The van der Waals surface area contributed by atoms with Gasteiger partial charge in [-0.3, -0.25) is 0 Å². The molecule has 1 N–H and O–H groups in total. The van der Waals surface area contributed by atoms with Gasteiger partial charge in [-0.05, 0) is 25.1 Å². The summed E-state index contributed by atoms with van der Waals surface area (Å²) in [5.74, 6) is 1.14. The third-order valence-electron chi connectivity index (χ3n) is 2.65. The van der Waals surface area contributed by atoms with Crippen molar-refractivity contribution in [2.75, 3.05) is 11.9 Å². The summed E-state index contributed by atoms with van der Waals surface area (Å²) in [7, 11) is 0. The summed E-state index contributed by atoms with van der Waals surface area (Å²) >= 11 is 3.35. The van der Waals surface area contributed by atoms with Crippen LogP contribution in [0.5, 0.6) is 0 Å². The first kappa shape index (κ1) is 13.9. The van der Waals surface area contributed by atoms with Crippen molar-refractivity contribution >= 4 is 21.7 Å². The van der Waals surface area contributed by atoms with E-state index < -0.39 is 0 Å². The van der Waals surface area contributed by atoms with Crippen molar-refractivity contribution in [2.45, 2.75) is 20.3 Å². The number of benzene rings is 1. The zero-order valence-electron chi connectivity index (χ0n) is 10.9. The second-order valence-corrected chi connectivity index (χ2v) is 4.98. The number of nitrogens with one attached hydrogen (secondary N) is 1. The van der Waals surface area contributed by atoms with Crippen LogP contribution in [0.4, 0.5) is 10.2 Å². The molecular weight excluding hydrogens is 309 g/mol. The van der Waals surface area contributed by atoms with E-state index in [-0.39, 0.29) is 5.82 Å². The summed E-state index contributed by atoms with van der Waals surface area (Å²) in [4.78, 5) is 8.76. The van der Waals surface area contributed by atoms with E-state index in [0.717, 1.165) is 16.8 Å². The van der Waals surface area contributed by atoms with E-state index >= 15 is 0 Å². The van der Waals surface area contributed by atoms with Gasteiger partial charge in [0, 0.05) is 29.1 Å². The van der Waals surface area contributed by atoms with Crippen LogP contribution in [0, 0.1) is 5.82 Å². The van der Waals surface area contributed by atoms with Crippen molar-refractivity contribution in [1.29, 1.82) is 0 Å². The highest BCUT2D eigenvalue weighted by Gasteiger charge is 2.10. The van der Waals surface area contributed by atoms with Crippen molar-refractivity contribution in [3.05, 3.63) is 40.4 Å². The van der Waals surface area contributed by atoms with Gasteiger partial charge in [0.1, 0.15) is 17.5 Å². The minimum Gasteiger partial charge on any atom is -0.370 e. The molecule has 0 atom stereocenters. The number of aromatic nitrogens is 2. The molecule has 5 heteroatoms. The standard InChI is InChI=1S/C14H15BrFN3/c1-3-13-18-12(8-14(19-13)17-4-2)10-7-9(15)5-6-11(10)16/h5-8H,3-4H2,1-2H3,(H,17,18,19). The lowest BCUT2D eigenvalue weighted by Gasteiger charge is -2.09. The zero-order chi connectivity index (χ0) is 13.8. The molecule has 1 aromatic carbocycles. The predicted octanol–water partition coefficient (Wildman–Crippen LogP) is 4.04. The minimum absolute atomic E-state index is 0.286. The Labute approximate surface area is 120 Å². The molecule has 1 aromatic heterocycles. The summed E-state index contributed by atoms with van der Waals surface area (Å²) < 4.78 is 14.7. The molecule has 0 spiro atoms. The van der Waals surface area contributed by atoms with Gasteiger partial charge in [-0.25, -0.2) is 14.4 Å². The number of rotatable bonds is 4. The number of hydrogen-bond donors (Lipinski definition) is 1. The molecule has 100 valence electrons. The third kappa shape index (κ3) is 3.29. The highest BCUT2D eigenvalue weighted by molar-refractivity contribution is 9.10. The molecule has 1 heterocycles. The second-order valence-electron chi connectivity index (χ2n) is 4.06. The fourth-order valence-electron chi connectivity index (χ4n) is 1.76.